The molecule has 0 aliphatic rings. The molecule has 2 aromatic rings. The van der Waals surface area contributed by atoms with Crippen molar-refractivity contribution in [2.24, 2.45) is 12.0 Å². The zero-order valence-electron chi connectivity index (χ0n) is 14.4. The van der Waals surface area contributed by atoms with Gasteiger partial charge in [-0.1, -0.05) is 18.2 Å². The van der Waals surface area contributed by atoms with Crippen molar-refractivity contribution >= 4 is 5.96 Å². The highest BCUT2D eigenvalue weighted by atomic mass is 16.5. The first-order chi connectivity index (χ1) is 11.1. The maximum atomic E-state index is 5.87. The lowest BCUT2D eigenvalue weighted by Crippen LogP contribution is -2.42. The van der Waals surface area contributed by atoms with Gasteiger partial charge in [-0.3, -0.25) is 4.99 Å². The number of hydrogen-bond acceptors (Lipinski definition) is 2. The van der Waals surface area contributed by atoms with Gasteiger partial charge < -0.3 is 19.5 Å². The Kier molecular flexibility index (Phi) is 6.09. The molecule has 1 atom stereocenters. The second-order valence-corrected chi connectivity index (χ2v) is 5.64. The summed E-state index contributed by atoms with van der Waals surface area (Å²) in [5.74, 6) is 1.74. The van der Waals surface area contributed by atoms with Crippen LogP contribution in [0.2, 0.25) is 0 Å². The third-order valence-electron chi connectivity index (χ3n) is 3.65. The van der Waals surface area contributed by atoms with Crippen molar-refractivity contribution in [3.05, 3.63) is 54.4 Å². The number of aromatic nitrogens is 1. The van der Waals surface area contributed by atoms with Gasteiger partial charge in [0, 0.05) is 33.0 Å². The summed E-state index contributed by atoms with van der Waals surface area (Å²) < 4.78 is 7.99. The van der Waals surface area contributed by atoms with E-state index in [1.165, 1.54) is 5.69 Å². The zero-order valence-corrected chi connectivity index (χ0v) is 14.4. The van der Waals surface area contributed by atoms with E-state index in [9.17, 15) is 0 Å². The van der Waals surface area contributed by atoms with Crippen molar-refractivity contribution in [3.63, 3.8) is 0 Å². The van der Waals surface area contributed by atoms with Crippen molar-refractivity contribution < 1.29 is 4.74 Å². The Morgan fingerprint density at radius 3 is 2.61 bits per heavy atom. The number of hydrogen-bond donors (Lipinski definition) is 1. The van der Waals surface area contributed by atoms with Gasteiger partial charge in [0.2, 0.25) is 0 Å². The maximum Gasteiger partial charge on any atom is 0.193 e. The maximum absolute atomic E-state index is 5.87. The summed E-state index contributed by atoms with van der Waals surface area (Å²) in [6, 6.07) is 14.0. The summed E-state index contributed by atoms with van der Waals surface area (Å²) in [4.78, 5) is 6.45. The molecule has 5 heteroatoms. The van der Waals surface area contributed by atoms with Crippen molar-refractivity contribution in [1.29, 1.82) is 0 Å². The molecular weight excluding hydrogens is 288 g/mol. The lowest BCUT2D eigenvalue weighted by Gasteiger charge is -2.24. The van der Waals surface area contributed by atoms with Crippen LogP contribution in [0.3, 0.4) is 0 Å². The number of rotatable bonds is 6. The second-order valence-electron chi connectivity index (χ2n) is 5.64. The Morgan fingerprint density at radius 2 is 2.00 bits per heavy atom. The Balaban J connectivity index is 1.83. The smallest absolute Gasteiger partial charge is 0.193 e. The molecule has 0 saturated carbocycles. The van der Waals surface area contributed by atoms with Crippen LogP contribution in [0.15, 0.2) is 53.7 Å². The molecular formula is C18H26N4O. The zero-order chi connectivity index (χ0) is 16.7. The van der Waals surface area contributed by atoms with Crippen molar-refractivity contribution in [1.82, 2.24) is 14.8 Å². The largest absolute Gasteiger partial charge is 0.489 e. The van der Waals surface area contributed by atoms with Crippen molar-refractivity contribution in [2.75, 3.05) is 20.6 Å². The molecule has 1 heterocycles. The fraction of sp³-hybridized carbons (Fsp3) is 0.389. The van der Waals surface area contributed by atoms with Crippen LogP contribution in [0, 0.1) is 0 Å². The summed E-state index contributed by atoms with van der Waals surface area (Å²) in [5.41, 5.74) is 1.24. The SMILES string of the molecule is CN=C(NCC(C)Oc1ccccc1)N(C)Cc1cccn1C. The first-order valence-electron chi connectivity index (χ1n) is 7.84. The predicted octanol–water partition coefficient (Wildman–Crippen LogP) is 2.50. The van der Waals surface area contributed by atoms with Crippen LogP contribution >= 0.6 is 0 Å². The summed E-state index contributed by atoms with van der Waals surface area (Å²) >= 11 is 0. The molecule has 0 fully saturated rings. The lowest BCUT2D eigenvalue weighted by atomic mass is 10.3. The topological polar surface area (TPSA) is 41.8 Å². The first kappa shape index (κ1) is 16.9. The molecule has 1 N–H and O–H groups in total. The predicted molar refractivity (Wildman–Crippen MR) is 94.8 cm³/mol. The molecule has 124 valence electrons. The number of ether oxygens (including phenoxy) is 1. The quantitative estimate of drug-likeness (QED) is 0.658. The minimum absolute atomic E-state index is 0.0533. The van der Waals surface area contributed by atoms with Crippen molar-refractivity contribution in [3.8, 4) is 5.75 Å². The molecule has 0 radical (unpaired) electrons. The molecule has 23 heavy (non-hydrogen) atoms. The minimum atomic E-state index is 0.0533. The third-order valence-corrected chi connectivity index (χ3v) is 3.65. The Bertz CT molecular complexity index is 621. The molecule has 0 amide bonds. The lowest BCUT2D eigenvalue weighted by molar-refractivity contribution is 0.222. The van der Waals surface area contributed by atoms with Crippen LogP contribution in [-0.2, 0) is 13.6 Å². The number of aryl methyl sites for hydroxylation is 1. The molecule has 0 aliphatic carbocycles. The summed E-state index contributed by atoms with van der Waals surface area (Å²) in [6.45, 7) is 3.54. The highest BCUT2D eigenvalue weighted by Gasteiger charge is 2.10. The average Bonchev–Trinajstić information content (AvgIpc) is 2.94. The normalized spacial score (nSPS) is 12.8. The van der Waals surface area contributed by atoms with E-state index < -0.39 is 0 Å². The van der Waals surface area contributed by atoms with Gasteiger partial charge in [-0.25, -0.2) is 0 Å². The van der Waals surface area contributed by atoms with E-state index in [4.69, 9.17) is 4.74 Å². The van der Waals surface area contributed by atoms with E-state index in [0.717, 1.165) is 18.3 Å². The number of benzene rings is 1. The van der Waals surface area contributed by atoms with Crippen LogP contribution in [-0.4, -0.2) is 42.2 Å². The van der Waals surface area contributed by atoms with Crippen LogP contribution in [0.25, 0.3) is 0 Å². The molecule has 0 saturated heterocycles. The van der Waals surface area contributed by atoms with E-state index in [2.05, 4.69) is 45.2 Å². The molecule has 5 nitrogen and oxygen atoms in total. The molecule has 1 aromatic carbocycles. The Morgan fingerprint density at radius 1 is 1.26 bits per heavy atom. The van der Waals surface area contributed by atoms with E-state index in [1.54, 1.807) is 7.05 Å². The first-order valence-corrected chi connectivity index (χ1v) is 7.84. The molecule has 0 spiro atoms. The van der Waals surface area contributed by atoms with E-state index in [1.807, 2.05) is 44.3 Å². The molecule has 2 rings (SSSR count). The molecule has 0 bridgehead atoms. The fourth-order valence-corrected chi connectivity index (χ4v) is 2.37. The van der Waals surface area contributed by atoms with Gasteiger partial charge in [0.15, 0.2) is 5.96 Å². The van der Waals surface area contributed by atoms with Gasteiger partial charge in [-0.15, -0.1) is 0 Å². The average molecular weight is 314 g/mol. The van der Waals surface area contributed by atoms with Gasteiger partial charge in [0.05, 0.1) is 13.1 Å². The standard InChI is InChI=1S/C18H26N4O/c1-15(23-17-10-6-5-7-11-17)13-20-18(19-2)22(4)14-16-9-8-12-21(16)3/h5-12,15H,13-14H2,1-4H3,(H,19,20). The number of aliphatic imine (C=N–C) groups is 1. The number of nitrogens with one attached hydrogen (secondary N) is 1. The fourth-order valence-electron chi connectivity index (χ4n) is 2.37. The highest BCUT2D eigenvalue weighted by Crippen LogP contribution is 2.10. The van der Waals surface area contributed by atoms with E-state index in [0.29, 0.717) is 6.54 Å². The van der Waals surface area contributed by atoms with Crippen LogP contribution < -0.4 is 10.1 Å². The molecule has 0 aliphatic heterocycles. The Hall–Kier alpha value is -2.43. The van der Waals surface area contributed by atoms with Gasteiger partial charge in [0.25, 0.3) is 0 Å². The number of guanidine groups is 1. The van der Waals surface area contributed by atoms with Gasteiger partial charge in [-0.05, 0) is 31.2 Å². The van der Waals surface area contributed by atoms with Crippen LogP contribution in [0.5, 0.6) is 5.75 Å². The van der Waals surface area contributed by atoms with Gasteiger partial charge in [-0.2, -0.15) is 0 Å². The van der Waals surface area contributed by atoms with Crippen molar-refractivity contribution in [2.45, 2.75) is 19.6 Å². The monoisotopic (exact) mass is 314 g/mol. The van der Waals surface area contributed by atoms with Gasteiger partial charge in [0.1, 0.15) is 11.9 Å². The van der Waals surface area contributed by atoms with E-state index >= 15 is 0 Å². The number of nitrogens with zero attached hydrogens (tertiary/aromatic N) is 3. The summed E-state index contributed by atoms with van der Waals surface area (Å²) in [6.07, 6.45) is 2.10. The van der Waals surface area contributed by atoms with Crippen LogP contribution in [0.4, 0.5) is 0 Å². The minimum Gasteiger partial charge on any atom is -0.489 e. The summed E-state index contributed by atoms with van der Waals surface area (Å²) in [5, 5.41) is 3.36. The highest BCUT2D eigenvalue weighted by molar-refractivity contribution is 5.79. The van der Waals surface area contributed by atoms with E-state index in [-0.39, 0.29) is 6.10 Å². The second kappa shape index (κ2) is 8.27. The number of para-hydroxylation sites is 1. The third kappa shape index (κ3) is 5.06. The van der Waals surface area contributed by atoms with Crippen LogP contribution in [0.1, 0.15) is 12.6 Å². The summed E-state index contributed by atoms with van der Waals surface area (Å²) in [7, 11) is 5.88. The Labute approximate surface area is 138 Å². The molecule has 1 unspecified atom stereocenters. The molecule has 1 aromatic heterocycles. The van der Waals surface area contributed by atoms with Gasteiger partial charge >= 0.3 is 0 Å².